The van der Waals surface area contributed by atoms with Crippen LogP contribution < -0.4 is 16.4 Å². The summed E-state index contributed by atoms with van der Waals surface area (Å²) in [6, 6.07) is 9.91. The fraction of sp³-hybridized carbons (Fsp3) is 0.250. The Bertz CT molecular complexity index is 1410. The molecule has 0 saturated heterocycles. The van der Waals surface area contributed by atoms with Crippen LogP contribution in [0.2, 0.25) is 0 Å². The number of halogens is 1. The summed E-state index contributed by atoms with van der Waals surface area (Å²) in [6.45, 7) is 9.43. The van der Waals surface area contributed by atoms with E-state index in [0.717, 1.165) is 63.5 Å². The zero-order chi connectivity index (χ0) is 24.5. The van der Waals surface area contributed by atoms with Gasteiger partial charge in [0.2, 0.25) is 0 Å². The van der Waals surface area contributed by atoms with Crippen LogP contribution in [0, 0.1) is 19.7 Å². The Balaban J connectivity index is 1.35. The fourth-order valence-electron chi connectivity index (χ4n) is 4.90. The number of aromatic amines is 1. The van der Waals surface area contributed by atoms with Gasteiger partial charge in [-0.05, 0) is 79.6 Å². The first-order chi connectivity index (χ1) is 17.0. The van der Waals surface area contributed by atoms with Crippen molar-refractivity contribution >= 4 is 39.0 Å². The molecule has 0 atom stereocenters. The number of fused-ring (bicyclic) bond motifs is 2. The van der Waals surface area contributed by atoms with Crippen LogP contribution in [0.25, 0.3) is 15.8 Å². The van der Waals surface area contributed by atoms with E-state index in [0.29, 0.717) is 17.9 Å². The predicted molar refractivity (Wildman–Crippen MR) is 147 cm³/mol. The van der Waals surface area contributed by atoms with Crippen LogP contribution in [0.15, 0.2) is 64.9 Å². The summed E-state index contributed by atoms with van der Waals surface area (Å²) in [5.74, 6) is 0.362. The number of aliphatic imine (C=N–C) groups is 1. The van der Waals surface area contributed by atoms with Crippen LogP contribution in [0.5, 0.6) is 0 Å². The first kappa shape index (κ1) is 23.3. The smallest absolute Gasteiger partial charge is 0.147 e. The largest absolute Gasteiger partial charge is 0.385 e. The Labute approximate surface area is 209 Å². The lowest BCUT2D eigenvalue weighted by atomic mass is 10.0. The van der Waals surface area contributed by atoms with Crippen LogP contribution in [-0.2, 0) is 12.8 Å². The number of allylic oxidation sites excluding steroid dienone is 2. The van der Waals surface area contributed by atoms with E-state index in [9.17, 15) is 4.39 Å². The van der Waals surface area contributed by atoms with Crippen molar-refractivity contribution in [2.45, 2.75) is 33.1 Å². The molecule has 1 aromatic heterocycles. The average Bonchev–Trinajstić information content (AvgIpc) is 3.43. The Kier molecular flexibility index (Phi) is 6.43. The monoisotopic (exact) mass is 487 g/mol. The average molecular weight is 488 g/mol. The second-order valence-corrected chi connectivity index (χ2v) is 10.0. The molecule has 180 valence electrons. The molecule has 5 rings (SSSR count). The molecule has 0 spiro atoms. The number of nitrogens with zero attached hydrogens (tertiary/aromatic N) is 1. The van der Waals surface area contributed by atoms with Gasteiger partial charge < -0.3 is 21.4 Å². The molecule has 0 unspecified atom stereocenters. The van der Waals surface area contributed by atoms with E-state index in [-0.39, 0.29) is 5.82 Å². The van der Waals surface area contributed by atoms with Gasteiger partial charge in [-0.1, -0.05) is 30.5 Å². The summed E-state index contributed by atoms with van der Waals surface area (Å²) in [5, 5.41) is 7.80. The van der Waals surface area contributed by atoms with Crippen LogP contribution >= 0.6 is 11.8 Å². The van der Waals surface area contributed by atoms with Gasteiger partial charge in [-0.3, -0.25) is 4.99 Å². The summed E-state index contributed by atoms with van der Waals surface area (Å²) in [7, 11) is 0. The maximum absolute atomic E-state index is 14.3. The molecule has 2 aromatic carbocycles. The molecule has 5 N–H and O–H groups in total. The highest BCUT2D eigenvalue weighted by Crippen LogP contribution is 2.42. The van der Waals surface area contributed by atoms with Gasteiger partial charge >= 0.3 is 0 Å². The number of aryl methyl sites for hydroxylation is 3. The van der Waals surface area contributed by atoms with Gasteiger partial charge in [-0.25, -0.2) is 4.39 Å². The lowest BCUT2D eigenvalue weighted by Crippen LogP contribution is -2.25. The number of thioether (sulfide) groups is 1. The third-order valence-corrected chi connectivity index (χ3v) is 7.84. The number of benzene rings is 2. The van der Waals surface area contributed by atoms with Crippen molar-refractivity contribution in [2.75, 3.05) is 18.4 Å². The zero-order valence-electron chi connectivity index (χ0n) is 20.1. The number of anilines is 1. The van der Waals surface area contributed by atoms with Gasteiger partial charge in [0.1, 0.15) is 11.6 Å². The Morgan fingerprint density at radius 1 is 1.29 bits per heavy atom. The van der Waals surface area contributed by atoms with E-state index in [2.05, 4.69) is 51.5 Å². The van der Waals surface area contributed by atoms with Gasteiger partial charge in [0.25, 0.3) is 0 Å². The Hall–Kier alpha value is -3.45. The predicted octanol–water partition coefficient (Wildman–Crippen LogP) is 5.91. The van der Waals surface area contributed by atoms with E-state index in [1.54, 1.807) is 18.0 Å². The first-order valence-electron chi connectivity index (χ1n) is 11.9. The highest BCUT2D eigenvalue weighted by atomic mass is 32.2. The van der Waals surface area contributed by atoms with E-state index < -0.39 is 0 Å². The van der Waals surface area contributed by atoms with Gasteiger partial charge in [0, 0.05) is 41.0 Å². The van der Waals surface area contributed by atoms with Crippen molar-refractivity contribution in [2.24, 2.45) is 10.7 Å². The SMILES string of the molecule is C=C/N=C1/C=C(c2ccc3c(c2)CCCN3)S/C1=C(/N)NCCc1c(C)[nH]c2c(F)ccc(C)c12. The van der Waals surface area contributed by atoms with Crippen molar-refractivity contribution < 1.29 is 4.39 Å². The van der Waals surface area contributed by atoms with E-state index in [1.165, 1.54) is 22.9 Å². The molecule has 0 amide bonds. The molecule has 3 heterocycles. The van der Waals surface area contributed by atoms with Gasteiger partial charge in [0.05, 0.1) is 16.1 Å². The van der Waals surface area contributed by atoms with Crippen molar-refractivity contribution in [1.29, 1.82) is 0 Å². The van der Waals surface area contributed by atoms with Crippen LogP contribution in [0.1, 0.15) is 34.4 Å². The molecular formula is C28H30FN5S. The van der Waals surface area contributed by atoms with E-state index >= 15 is 0 Å². The number of aromatic nitrogens is 1. The summed E-state index contributed by atoms with van der Waals surface area (Å²) in [5.41, 5.74) is 14.8. The normalized spacial score (nSPS) is 17.8. The molecule has 0 bridgehead atoms. The summed E-state index contributed by atoms with van der Waals surface area (Å²) in [4.78, 5) is 9.70. The number of hydrogen-bond donors (Lipinski definition) is 4. The molecule has 35 heavy (non-hydrogen) atoms. The van der Waals surface area contributed by atoms with E-state index in [4.69, 9.17) is 5.73 Å². The van der Waals surface area contributed by atoms with E-state index in [1.807, 2.05) is 19.9 Å². The minimum absolute atomic E-state index is 0.223. The Morgan fingerprint density at radius 2 is 2.14 bits per heavy atom. The molecular weight excluding hydrogens is 457 g/mol. The summed E-state index contributed by atoms with van der Waals surface area (Å²) >= 11 is 1.63. The lowest BCUT2D eigenvalue weighted by molar-refractivity contribution is 0.637. The van der Waals surface area contributed by atoms with Crippen molar-refractivity contribution in [3.05, 3.63) is 93.7 Å². The molecule has 0 radical (unpaired) electrons. The zero-order valence-corrected chi connectivity index (χ0v) is 20.9. The molecule has 7 heteroatoms. The van der Waals surface area contributed by atoms with Gasteiger partial charge in [-0.2, -0.15) is 0 Å². The van der Waals surface area contributed by atoms with Gasteiger partial charge in [-0.15, -0.1) is 0 Å². The number of nitrogens with two attached hydrogens (primary N) is 1. The third-order valence-electron chi connectivity index (χ3n) is 6.64. The fourth-order valence-corrected chi connectivity index (χ4v) is 5.93. The minimum Gasteiger partial charge on any atom is -0.385 e. The summed E-state index contributed by atoms with van der Waals surface area (Å²) < 4.78 is 14.3. The van der Waals surface area contributed by atoms with Crippen LogP contribution in [0.3, 0.4) is 0 Å². The minimum atomic E-state index is -0.223. The second-order valence-electron chi connectivity index (χ2n) is 8.97. The molecule has 2 aliphatic rings. The quantitative estimate of drug-likeness (QED) is 0.348. The number of hydrogen-bond acceptors (Lipinski definition) is 5. The topological polar surface area (TPSA) is 78.2 Å². The standard InChI is InChI=1S/C28H30FN5S/c1-4-31-23-15-24(19-8-10-22-18(14-19)6-5-12-32-22)35-27(23)28(30)33-13-11-20-17(3)34-26-21(29)9-7-16(2)25(20)26/h4,7-10,14-15,32-34H,1,5-6,11-13,30H2,2-3H3/b28-27-,31-23-. The van der Waals surface area contributed by atoms with Gasteiger partial charge in [0.15, 0.2) is 0 Å². The molecule has 3 aromatic rings. The molecule has 0 fully saturated rings. The molecule has 5 nitrogen and oxygen atoms in total. The highest BCUT2D eigenvalue weighted by Gasteiger charge is 2.23. The maximum Gasteiger partial charge on any atom is 0.147 e. The lowest BCUT2D eigenvalue weighted by Gasteiger charge is -2.18. The molecule has 0 aliphatic carbocycles. The molecule has 2 aliphatic heterocycles. The van der Waals surface area contributed by atoms with Crippen LogP contribution in [-0.4, -0.2) is 23.8 Å². The third kappa shape index (κ3) is 4.48. The number of H-pyrrole nitrogens is 1. The van der Waals surface area contributed by atoms with Crippen molar-refractivity contribution in [3.8, 4) is 0 Å². The maximum atomic E-state index is 14.3. The van der Waals surface area contributed by atoms with Crippen molar-refractivity contribution in [3.63, 3.8) is 0 Å². The number of rotatable bonds is 6. The summed E-state index contributed by atoms with van der Waals surface area (Å²) in [6.07, 6.45) is 6.58. The molecule has 0 saturated carbocycles. The first-order valence-corrected chi connectivity index (χ1v) is 12.7. The second kappa shape index (κ2) is 9.66. The van der Waals surface area contributed by atoms with Crippen LogP contribution in [0.4, 0.5) is 10.1 Å². The Morgan fingerprint density at radius 3 is 2.97 bits per heavy atom. The highest BCUT2D eigenvalue weighted by molar-refractivity contribution is 8.13. The number of nitrogens with one attached hydrogen (secondary N) is 3. The van der Waals surface area contributed by atoms with Crippen molar-refractivity contribution in [1.82, 2.24) is 10.3 Å².